The van der Waals surface area contributed by atoms with E-state index in [9.17, 15) is 9.59 Å². The molecule has 4 heteroatoms. The zero-order valence-corrected chi connectivity index (χ0v) is 12.2. The van der Waals surface area contributed by atoms with Crippen molar-refractivity contribution in [3.63, 3.8) is 0 Å². The molecule has 0 bridgehead atoms. The fourth-order valence-electron chi connectivity index (χ4n) is 2.70. The van der Waals surface area contributed by atoms with Crippen LogP contribution in [-0.2, 0) is 4.79 Å². The Bertz CT molecular complexity index is 421. The Morgan fingerprint density at radius 1 is 1.37 bits per heavy atom. The highest BCUT2D eigenvalue weighted by Gasteiger charge is 2.25. The number of hydrogen-bond acceptors (Lipinski definition) is 3. The first-order valence-electron chi connectivity index (χ1n) is 7.03. The maximum absolute atomic E-state index is 12.1. The van der Waals surface area contributed by atoms with Gasteiger partial charge in [-0.15, -0.1) is 11.3 Å². The molecule has 1 unspecified atom stereocenters. The van der Waals surface area contributed by atoms with Crippen LogP contribution in [0.1, 0.15) is 48.7 Å². The van der Waals surface area contributed by atoms with E-state index in [-0.39, 0.29) is 24.2 Å². The van der Waals surface area contributed by atoms with Crippen LogP contribution in [0.5, 0.6) is 0 Å². The van der Waals surface area contributed by atoms with E-state index in [1.165, 1.54) is 30.6 Å². The number of carbonyl (C=O) groups is 2. The largest absolute Gasteiger partial charge is 0.348 e. The summed E-state index contributed by atoms with van der Waals surface area (Å²) in [6.07, 6.45) is 6.05. The van der Waals surface area contributed by atoms with Crippen molar-refractivity contribution in [2.45, 2.75) is 39.0 Å². The topological polar surface area (TPSA) is 46.2 Å². The van der Waals surface area contributed by atoms with Crippen LogP contribution in [0.2, 0.25) is 0 Å². The van der Waals surface area contributed by atoms with E-state index in [1.807, 2.05) is 18.4 Å². The van der Waals surface area contributed by atoms with E-state index >= 15 is 0 Å². The van der Waals surface area contributed by atoms with Gasteiger partial charge in [-0.3, -0.25) is 9.59 Å². The van der Waals surface area contributed by atoms with E-state index in [0.29, 0.717) is 10.8 Å². The fourth-order valence-corrected chi connectivity index (χ4v) is 3.37. The highest BCUT2D eigenvalue weighted by molar-refractivity contribution is 7.12. The molecule has 1 aromatic heterocycles. The average Bonchev–Trinajstić information content (AvgIpc) is 2.98. The highest BCUT2D eigenvalue weighted by atomic mass is 32.1. The zero-order valence-electron chi connectivity index (χ0n) is 11.4. The molecule has 104 valence electrons. The second kappa shape index (κ2) is 6.85. The van der Waals surface area contributed by atoms with Crippen molar-refractivity contribution in [1.29, 1.82) is 0 Å². The molecule has 2 rings (SSSR count). The number of carbonyl (C=O) groups excluding carboxylic acids is 2. The van der Waals surface area contributed by atoms with Crippen molar-refractivity contribution in [3.8, 4) is 0 Å². The van der Waals surface area contributed by atoms with Gasteiger partial charge in [0.25, 0.3) is 0 Å². The third-order valence-electron chi connectivity index (χ3n) is 3.99. The predicted molar refractivity (Wildman–Crippen MR) is 77.4 cm³/mol. The van der Waals surface area contributed by atoms with Gasteiger partial charge >= 0.3 is 0 Å². The lowest BCUT2D eigenvalue weighted by Crippen LogP contribution is -2.37. The molecule has 1 N–H and O–H groups in total. The lowest BCUT2D eigenvalue weighted by Gasteiger charge is -2.26. The molecule has 1 aliphatic carbocycles. The molecule has 1 saturated carbocycles. The van der Waals surface area contributed by atoms with E-state index < -0.39 is 0 Å². The maximum Gasteiger partial charge on any atom is 0.223 e. The van der Waals surface area contributed by atoms with Crippen molar-refractivity contribution in [1.82, 2.24) is 5.32 Å². The van der Waals surface area contributed by atoms with Crippen LogP contribution >= 0.6 is 11.3 Å². The Balaban J connectivity index is 1.78. The van der Waals surface area contributed by atoms with E-state index in [0.717, 1.165) is 12.8 Å². The summed E-state index contributed by atoms with van der Waals surface area (Å²) in [5, 5.41) is 4.66. The molecular weight excluding hydrogens is 258 g/mol. The second-order valence-electron chi connectivity index (χ2n) is 5.31. The normalized spacial score (nSPS) is 17.9. The molecule has 0 spiro atoms. The molecule has 1 atom stereocenters. The summed E-state index contributed by atoms with van der Waals surface area (Å²) in [7, 11) is 0. The molecule has 0 saturated heterocycles. The lowest BCUT2D eigenvalue weighted by atomic mass is 9.80. The lowest BCUT2D eigenvalue weighted by molar-refractivity contribution is -0.126. The van der Waals surface area contributed by atoms with Crippen LogP contribution in [-0.4, -0.2) is 18.2 Å². The van der Waals surface area contributed by atoms with Crippen LogP contribution < -0.4 is 5.32 Å². The monoisotopic (exact) mass is 279 g/mol. The standard InChI is InChI=1S/C15H21NO2S/c1-11(12-6-3-2-4-7-12)15(18)16-10-13(17)14-8-5-9-19-14/h5,8-9,11-12H,2-4,6-7,10H2,1H3,(H,16,18). The van der Waals surface area contributed by atoms with Crippen LogP contribution in [0.3, 0.4) is 0 Å². The first-order valence-corrected chi connectivity index (χ1v) is 7.91. The molecule has 1 fully saturated rings. The minimum atomic E-state index is -0.000746. The Morgan fingerprint density at radius 3 is 2.74 bits per heavy atom. The van der Waals surface area contributed by atoms with Gasteiger partial charge in [-0.05, 0) is 30.2 Å². The minimum absolute atomic E-state index is 0.000746. The number of Topliss-reactive ketones (excluding diaryl/α,β-unsaturated/α-hetero) is 1. The molecule has 19 heavy (non-hydrogen) atoms. The van der Waals surface area contributed by atoms with Gasteiger partial charge in [-0.2, -0.15) is 0 Å². The second-order valence-corrected chi connectivity index (χ2v) is 6.25. The van der Waals surface area contributed by atoms with Gasteiger partial charge in [0, 0.05) is 5.92 Å². The molecule has 1 aromatic rings. The summed E-state index contributed by atoms with van der Waals surface area (Å²) in [5.74, 6) is 0.540. The predicted octanol–water partition coefficient (Wildman–Crippen LogP) is 3.26. The average molecular weight is 279 g/mol. The van der Waals surface area contributed by atoms with Gasteiger partial charge in [-0.25, -0.2) is 0 Å². The van der Waals surface area contributed by atoms with Crippen molar-refractivity contribution in [2.24, 2.45) is 11.8 Å². The van der Waals surface area contributed by atoms with Gasteiger partial charge in [0.15, 0.2) is 5.78 Å². The van der Waals surface area contributed by atoms with Gasteiger partial charge in [-0.1, -0.05) is 32.3 Å². The molecule has 0 radical (unpaired) electrons. The van der Waals surface area contributed by atoms with Crippen molar-refractivity contribution >= 4 is 23.0 Å². The zero-order chi connectivity index (χ0) is 13.7. The SMILES string of the molecule is CC(C(=O)NCC(=O)c1cccs1)C1CCCCC1. The highest BCUT2D eigenvalue weighted by Crippen LogP contribution is 2.29. The Hall–Kier alpha value is -1.16. The Kier molecular flexibility index (Phi) is 5.14. The van der Waals surface area contributed by atoms with E-state index in [4.69, 9.17) is 0 Å². The molecule has 1 heterocycles. The first kappa shape index (κ1) is 14.3. The minimum Gasteiger partial charge on any atom is -0.348 e. The number of ketones is 1. The van der Waals surface area contributed by atoms with Crippen LogP contribution in [0, 0.1) is 11.8 Å². The van der Waals surface area contributed by atoms with Crippen LogP contribution in [0.25, 0.3) is 0 Å². The smallest absolute Gasteiger partial charge is 0.223 e. The summed E-state index contributed by atoms with van der Waals surface area (Å²) >= 11 is 1.42. The Labute approximate surface area is 118 Å². The third-order valence-corrected chi connectivity index (χ3v) is 4.90. The first-order chi connectivity index (χ1) is 9.18. The molecular formula is C15H21NO2S. The van der Waals surface area contributed by atoms with Crippen molar-refractivity contribution < 1.29 is 9.59 Å². The van der Waals surface area contributed by atoms with Gasteiger partial charge in [0.1, 0.15) is 0 Å². The number of hydrogen-bond donors (Lipinski definition) is 1. The molecule has 0 aliphatic heterocycles. The van der Waals surface area contributed by atoms with E-state index in [2.05, 4.69) is 5.32 Å². The van der Waals surface area contributed by atoms with Crippen molar-refractivity contribution in [2.75, 3.05) is 6.54 Å². The summed E-state index contributed by atoms with van der Waals surface area (Å²) < 4.78 is 0. The van der Waals surface area contributed by atoms with Gasteiger partial charge in [0.2, 0.25) is 5.91 Å². The molecule has 1 aliphatic rings. The quantitative estimate of drug-likeness (QED) is 0.841. The Morgan fingerprint density at radius 2 is 2.11 bits per heavy atom. The number of nitrogens with one attached hydrogen (secondary N) is 1. The number of rotatable bonds is 5. The molecule has 3 nitrogen and oxygen atoms in total. The van der Waals surface area contributed by atoms with Gasteiger partial charge < -0.3 is 5.32 Å². The van der Waals surface area contributed by atoms with Crippen molar-refractivity contribution in [3.05, 3.63) is 22.4 Å². The number of amides is 1. The van der Waals surface area contributed by atoms with Crippen LogP contribution in [0.15, 0.2) is 17.5 Å². The molecule has 1 amide bonds. The summed E-state index contributed by atoms with van der Waals surface area (Å²) in [6.45, 7) is 2.11. The maximum atomic E-state index is 12.1. The third kappa shape index (κ3) is 3.90. The van der Waals surface area contributed by atoms with Gasteiger partial charge in [0.05, 0.1) is 11.4 Å². The summed E-state index contributed by atoms with van der Waals surface area (Å²) in [4.78, 5) is 24.6. The summed E-state index contributed by atoms with van der Waals surface area (Å²) in [6, 6.07) is 3.65. The van der Waals surface area contributed by atoms with Crippen LogP contribution in [0.4, 0.5) is 0 Å². The van der Waals surface area contributed by atoms with E-state index in [1.54, 1.807) is 6.07 Å². The molecule has 0 aromatic carbocycles. The fraction of sp³-hybridized carbons (Fsp3) is 0.600. The summed E-state index contributed by atoms with van der Waals surface area (Å²) in [5.41, 5.74) is 0. The number of thiophene rings is 1.